The van der Waals surface area contributed by atoms with Gasteiger partial charge in [-0.3, -0.25) is 23.4 Å². The van der Waals surface area contributed by atoms with E-state index in [0.29, 0.717) is 19.3 Å². The van der Waals surface area contributed by atoms with Crippen molar-refractivity contribution in [1.82, 2.24) is 0 Å². The van der Waals surface area contributed by atoms with Gasteiger partial charge < -0.3 is 24.2 Å². The third-order valence-electron chi connectivity index (χ3n) is 14.9. The third kappa shape index (κ3) is 61.7. The molecule has 0 aromatic carbocycles. The average Bonchev–Trinajstić information content (AvgIpc) is 3.49. The lowest BCUT2D eigenvalue weighted by atomic mass is 10.0. The second kappa shape index (κ2) is 64.2. The molecule has 11 nitrogen and oxygen atoms in total. The van der Waals surface area contributed by atoms with Crippen LogP contribution in [0.2, 0.25) is 0 Å². The number of rotatable bonds is 64. The van der Waals surface area contributed by atoms with Crippen LogP contribution in [0.5, 0.6) is 0 Å². The van der Waals surface area contributed by atoms with Crippen LogP contribution in [0.25, 0.3) is 0 Å². The molecule has 0 rings (SSSR count). The van der Waals surface area contributed by atoms with Gasteiger partial charge in [0, 0.05) is 19.3 Å². The van der Waals surface area contributed by atoms with Crippen molar-refractivity contribution in [3.63, 3.8) is 0 Å². The Kier molecular flexibility index (Phi) is 62.0. The Morgan fingerprint density at radius 3 is 1.00 bits per heavy atom. The van der Waals surface area contributed by atoms with E-state index in [0.717, 1.165) is 103 Å². The number of aliphatic hydroxyl groups is 1. The maximum atomic E-state index is 13.0. The predicted molar refractivity (Wildman–Crippen MR) is 344 cm³/mol. The molecule has 0 aromatic heterocycles. The van der Waals surface area contributed by atoms with Gasteiger partial charge in [-0.25, -0.2) is 4.57 Å². The zero-order valence-electron chi connectivity index (χ0n) is 53.2. The molecule has 0 saturated heterocycles. The first-order valence-electron chi connectivity index (χ1n) is 34.2. The van der Waals surface area contributed by atoms with E-state index in [1.54, 1.807) is 0 Å². The smallest absolute Gasteiger partial charge is 0.462 e. The van der Waals surface area contributed by atoms with E-state index in [-0.39, 0.29) is 25.9 Å². The summed E-state index contributed by atoms with van der Waals surface area (Å²) < 4.78 is 39.8. The Balaban J connectivity index is 4.67. The lowest BCUT2D eigenvalue weighted by molar-refractivity contribution is -0.161. The normalized spacial score (nSPS) is 13.6. The van der Waals surface area contributed by atoms with Gasteiger partial charge in [0.05, 0.1) is 19.8 Å². The van der Waals surface area contributed by atoms with Crippen molar-refractivity contribution < 1.29 is 52.2 Å². The number of carbonyl (C=O) groups excluding carboxylic acids is 3. The van der Waals surface area contributed by atoms with E-state index in [1.165, 1.54) is 167 Å². The van der Waals surface area contributed by atoms with Crippen molar-refractivity contribution in [3.05, 3.63) is 60.8 Å². The Labute approximate surface area is 504 Å². The van der Waals surface area contributed by atoms with Crippen LogP contribution in [0.3, 0.4) is 0 Å². The Morgan fingerprint density at radius 2 is 0.634 bits per heavy atom. The number of esters is 3. The Morgan fingerprint density at radius 1 is 0.354 bits per heavy atom. The van der Waals surface area contributed by atoms with Crippen LogP contribution in [0.15, 0.2) is 60.8 Å². The van der Waals surface area contributed by atoms with Crippen molar-refractivity contribution in [2.24, 2.45) is 0 Å². The number of unbranched alkanes of at least 4 members (excludes halogenated alkanes) is 37. The number of allylic oxidation sites excluding steroid dienone is 10. The van der Waals surface area contributed by atoms with Gasteiger partial charge in [0.1, 0.15) is 12.7 Å². The number of aliphatic hydroxyl groups excluding tert-OH is 1. The van der Waals surface area contributed by atoms with Gasteiger partial charge in [-0.05, 0) is 83.5 Å². The Bertz CT molecular complexity index is 1610. The third-order valence-corrected chi connectivity index (χ3v) is 15.9. The van der Waals surface area contributed by atoms with Crippen LogP contribution >= 0.6 is 7.82 Å². The summed E-state index contributed by atoms with van der Waals surface area (Å²) in [7, 11) is -4.76. The average molecular weight is 1180 g/mol. The molecule has 0 radical (unpaired) electrons. The largest absolute Gasteiger partial charge is 0.472 e. The van der Waals surface area contributed by atoms with Crippen molar-refractivity contribution in [1.29, 1.82) is 0 Å². The summed E-state index contributed by atoms with van der Waals surface area (Å²) in [6.07, 6.45) is 73.1. The van der Waals surface area contributed by atoms with Crippen LogP contribution in [0, 0.1) is 0 Å². The van der Waals surface area contributed by atoms with Crippen LogP contribution in [-0.2, 0) is 42.2 Å². The highest BCUT2D eigenvalue weighted by Crippen LogP contribution is 2.43. The molecule has 0 spiro atoms. The number of phosphoric acid groups is 1. The number of carbonyl (C=O) groups is 3. The fourth-order valence-corrected chi connectivity index (χ4v) is 10.5. The van der Waals surface area contributed by atoms with E-state index in [9.17, 15) is 28.9 Å². The molecule has 0 amide bonds. The molecule has 0 aliphatic carbocycles. The lowest BCUT2D eigenvalue weighted by Crippen LogP contribution is -2.30. The molecule has 12 heteroatoms. The molecular formula is C70H127O11P. The van der Waals surface area contributed by atoms with Crippen molar-refractivity contribution in [2.45, 2.75) is 341 Å². The second-order valence-electron chi connectivity index (χ2n) is 23.0. The summed E-state index contributed by atoms with van der Waals surface area (Å²) in [6.45, 7) is 4.57. The summed E-state index contributed by atoms with van der Waals surface area (Å²) in [6, 6.07) is 0. The molecule has 2 N–H and O–H groups in total. The van der Waals surface area contributed by atoms with E-state index < -0.39 is 57.8 Å². The number of hydrogen-bond acceptors (Lipinski definition) is 10. The van der Waals surface area contributed by atoms with E-state index in [1.807, 2.05) is 0 Å². The molecule has 3 unspecified atom stereocenters. The zero-order chi connectivity index (χ0) is 59.8. The highest BCUT2D eigenvalue weighted by Gasteiger charge is 2.28. The van der Waals surface area contributed by atoms with Crippen molar-refractivity contribution in [3.8, 4) is 0 Å². The molecule has 3 atom stereocenters. The SMILES string of the molecule is CC/C=C\C/C=C\C/C=C\CCCCCCCCCC(=O)OC(CO)COP(=O)(O)OCC(COC(=O)CCCCCCCCCCC/C=C\C/C=C\CCCCC)OC(=O)CCCCCCCCCCCCCCCCCCCCC. The van der Waals surface area contributed by atoms with Gasteiger partial charge in [-0.1, -0.05) is 287 Å². The standard InChI is InChI=1S/C70H127O11P/c1-4-7-10-13-16-19-22-25-28-31-33-36-38-41-44-47-50-53-56-59-68(72)77-63-67(81-70(74)61-58-55-52-49-46-43-40-37-34-32-29-26-23-20-17-14-11-8-5-2)65-79-82(75,76)78-64-66(62-71)80-69(73)60-57-54-51-48-45-42-39-35-30-27-24-21-18-15-12-9-6-3/h9,12,16,18-19,21,25,27-28,30,66-67,71H,4-8,10-11,13-15,17,20,22-24,26,29,31-65H2,1-3H3,(H,75,76)/b12-9-,19-16-,21-18-,28-25-,30-27-. The number of ether oxygens (including phenoxy) is 3. The maximum Gasteiger partial charge on any atom is 0.472 e. The highest BCUT2D eigenvalue weighted by molar-refractivity contribution is 7.47. The molecule has 0 heterocycles. The van der Waals surface area contributed by atoms with E-state index >= 15 is 0 Å². The zero-order valence-corrected chi connectivity index (χ0v) is 54.1. The summed E-state index contributed by atoms with van der Waals surface area (Å²) in [5.74, 6) is -1.45. The summed E-state index contributed by atoms with van der Waals surface area (Å²) in [5.41, 5.74) is 0. The van der Waals surface area contributed by atoms with Gasteiger partial charge in [0.25, 0.3) is 0 Å². The monoisotopic (exact) mass is 1170 g/mol. The molecule has 0 fully saturated rings. The summed E-state index contributed by atoms with van der Waals surface area (Å²) in [4.78, 5) is 48.9. The molecule has 478 valence electrons. The molecule has 82 heavy (non-hydrogen) atoms. The maximum absolute atomic E-state index is 13.0. The highest BCUT2D eigenvalue weighted by atomic mass is 31.2. The second-order valence-corrected chi connectivity index (χ2v) is 24.4. The van der Waals surface area contributed by atoms with Crippen LogP contribution in [0.4, 0.5) is 0 Å². The van der Waals surface area contributed by atoms with Crippen LogP contribution in [0.1, 0.15) is 329 Å². The van der Waals surface area contributed by atoms with Crippen LogP contribution < -0.4 is 0 Å². The predicted octanol–water partition coefficient (Wildman–Crippen LogP) is 21.0. The Hall–Kier alpha value is -2.82. The number of phosphoric ester groups is 1. The first kappa shape index (κ1) is 79.2. The van der Waals surface area contributed by atoms with Crippen LogP contribution in [-0.4, -0.2) is 66.5 Å². The minimum absolute atomic E-state index is 0.167. The van der Waals surface area contributed by atoms with Gasteiger partial charge in [-0.15, -0.1) is 0 Å². The first-order valence-corrected chi connectivity index (χ1v) is 35.7. The van der Waals surface area contributed by atoms with Gasteiger partial charge in [0.2, 0.25) is 0 Å². The minimum atomic E-state index is -4.76. The van der Waals surface area contributed by atoms with Gasteiger partial charge in [0.15, 0.2) is 6.10 Å². The van der Waals surface area contributed by atoms with Crippen molar-refractivity contribution >= 4 is 25.7 Å². The molecule has 0 aromatic rings. The fraction of sp³-hybridized carbons (Fsp3) is 0.814. The van der Waals surface area contributed by atoms with Gasteiger partial charge >= 0.3 is 25.7 Å². The molecule has 0 aliphatic heterocycles. The summed E-state index contributed by atoms with van der Waals surface area (Å²) >= 11 is 0. The topological polar surface area (TPSA) is 155 Å². The lowest BCUT2D eigenvalue weighted by Gasteiger charge is -2.21. The molecular weight excluding hydrogens is 1050 g/mol. The quantitative estimate of drug-likeness (QED) is 0.0197. The number of hydrogen-bond donors (Lipinski definition) is 2. The first-order chi connectivity index (χ1) is 40.2. The molecule has 0 saturated carbocycles. The molecule has 0 aliphatic rings. The molecule has 0 bridgehead atoms. The van der Waals surface area contributed by atoms with E-state index in [2.05, 4.69) is 81.5 Å². The summed E-state index contributed by atoms with van der Waals surface area (Å²) in [5, 5.41) is 9.87. The van der Waals surface area contributed by atoms with Gasteiger partial charge in [-0.2, -0.15) is 0 Å². The van der Waals surface area contributed by atoms with Crippen molar-refractivity contribution in [2.75, 3.05) is 26.4 Å². The minimum Gasteiger partial charge on any atom is -0.462 e. The fourth-order valence-electron chi connectivity index (χ4n) is 9.76. The van der Waals surface area contributed by atoms with E-state index in [4.69, 9.17) is 23.3 Å².